The van der Waals surface area contributed by atoms with Crippen LogP contribution in [0.2, 0.25) is 0 Å². The minimum atomic E-state index is -1.36. The Labute approximate surface area is 150 Å². The Morgan fingerprint density at radius 2 is 2.00 bits per heavy atom. The number of aryl methyl sites for hydroxylation is 2. The quantitative estimate of drug-likeness (QED) is 0.670. The van der Waals surface area contributed by atoms with Crippen molar-refractivity contribution in [2.75, 3.05) is 5.32 Å². The summed E-state index contributed by atoms with van der Waals surface area (Å²) < 4.78 is 0. The molecular weight excluding hydrogens is 334 g/mol. The first-order valence-electron chi connectivity index (χ1n) is 8.46. The number of hydrogen-bond acceptors (Lipinski definition) is 5. The highest BCUT2D eigenvalue weighted by molar-refractivity contribution is 7.14. The third-order valence-electron chi connectivity index (χ3n) is 4.31. The van der Waals surface area contributed by atoms with Crippen molar-refractivity contribution in [3.63, 3.8) is 0 Å². The summed E-state index contributed by atoms with van der Waals surface area (Å²) in [5, 5.41) is 11.9. The van der Waals surface area contributed by atoms with Crippen LogP contribution in [0.4, 0.5) is 5.82 Å². The summed E-state index contributed by atoms with van der Waals surface area (Å²) in [6.45, 7) is 0. The SMILES string of the molecule is N#C[C@H](C(=O)Nc1ccccn1)C(=O)c1cc2c(s1)CCCCCC2. The molecule has 1 N–H and O–H groups in total. The zero-order valence-electron chi connectivity index (χ0n) is 13.8. The van der Waals surface area contributed by atoms with Gasteiger partial charge in [-0.3, -0.25) is 9.59 Å². The minimum absolute atomic E-state index is 0.332. The molecule has 0 unspecified atom stereocenters. The van der Waals surface area contributed by atoms with Gasteiger partial charge < -0.3 is 5.32 Å². The number of nitriles is 1. The highest BCUT2D eigenvalue weighted by Gasteiger charge is 2.30. The van der Waals surface area contributed by atoms with Gasteiger partial charge in [-0.25, -0.2) is 4.98 Å². The summed E-state index contributed by atoms with van der Waals surface area (Å²) in [7, 11) is 0. The minimum Gasteiger partial charge on any atom is -0.309 e. The van der Waals surface area contributed by atoms with E-state index in [0.29, 0.717) is 10.7 Å². The van der Waals surface area contributed by atoms with Crippen molar-refractivity contribution >= 4 is 28.8 Å². The van der Waals surface area contributed by atoms with Crippen molar-refractivity contribution in [1.82, 2.24) is 4.98 Å². The van der Waals surface area contributed by atoms with Gasteiger partial charge >= 0.3 is 0 Å². The van der Waals surface area contributed by atoms with Crippen LogP contribution in [0.1, 0.15) is 45.8 Å². The number of carbonyl (C=O) groups excluding carboxylic acids is 2. The lowest BCUT2D eigenvalue weighted by atomic mass is 9.98. The van der Waals surface area contributed by atoms with Gasteiger partial charge in [0.15, 0.2) is 11.7 Å². The van der Waals surface area contributed by atoms with E-state index in [1.165, 1.54) is 40.8 Å². The smallest absolute Gasteiger partial charge is 0.250 e. The molecule has 0 spiro atoms. The van der Waals surface area contributed by atoms with Crippen LogP contribution >= 0.6 is 11.3 Å². The molecule has 1 amide bonds. The Bertz CT molecular complexity index is 782. The number of ketones is 1. The fraction of sp³-hybridized carbons (Fsp3) is 0.368. The van der Waals surface area contributed by atoms with Crippen LogP contribution in [0.3, 0.4) is 0 Å². The summed E-state index contributed by atoms with van der Waals surface area (Å²) >= 11 is 1.44. The fourth-order valence-electron chi connectivity index (χ4n) is 2.98. The molecule has 3 rings (SSSR count). The number of aromatic nitrogens is 1. The molecule has 0 saturated carbocycles. The Morgan fingerprint density at radius 1 is 1.20 bits per heavy atom. The Balaban J connectivity index is 1.77. The van der Waals surface area contributed by atoms with Crippen LogP contribution in [0.5, 0.6) is 0 Å². The fourth-order valence-corrected chi connectivity index (χ4v) is 4.20. The van der Waals surface area contributed by atoms with Crippen LogP contribution in [0.25, 0.3) is 0 Å². The number of carbonyl (C=O) groups is 2. The number of hydrogen-bond donors (Lipinski definition) is 1. The van der Waals surface area contributed by atoms with E-state index in [2.05, 4.69) is 10.3 Å². The lowest BCUT2D eigenvalue weighted by molar-refractivity contribution is -0.117. The molecule has 5 nitrogen and oxygen atoms in total. The van der Waals surface area contributed by atoms with Crippen LogP contribution in [-0.2, 0) is 17.6 Å². The van der Waals surface area contributed by atoms with Gasteiger partial charge in [0.2, 0.25) is 0 Å². The molecular formula is C19H19N3O2S. The van der Waals surface area contributed by atoms with Crippen LogP contribution in [-0.4, -0.2) is 16.7 Å². The summed E-state index contributed by atoms with van der Waals surface area (Å²) in [4.78, 5) is 30.8. The molecule has 6 heteroatoms. The van der Waals surface area contributed by atoms with Gasteiger partial charge in [0, 0.05) is 11.1 Å². The normalized spacial score (nSPS) is 15.2. The van der Waals surface area contributed by atoms with Crippen molar-refractivity contribution in [3.8, 4) is 6.07 Å². The van der Waals surface area contributed by atoms with E-state index in [0.717, 1.165) is 25.7 Å². The number of anilines is 1. The summed E-state index contributed by atoms with van der Waals surface area (Å²) in [6, 6.07) is 8.80. The Morgan fingerprint density at radius 3 is 2.72 bits per heavy atom. The summed E-state index contributed by atoms with van der Waals surface area (Å²) in [6.07, 6.45) is 8.17. The second kappa shape index (κ2) is 8.04. The largest absolute Gasteiger partial charge is 0.309 e. The van der Waals surface area contributed by atoms with E-state index in [-0.39, 0.29) is 0 Å². The molecule has 2 aromatic heterocycles. The van der Waals surface area contributed by atoms with Crippen molar-refractivity contribution in [2.45, 2.75) is 38.5 Å². The maximum Gasteiger partial charge on any atom is 0.250 e. The molecule has 0 fully saturated rings. The van der Waals surface area contributed by atoms with Gasteiger partial charge in [-0.05, 0) is 49.4 Å². The molecule has 0 radical (unpaired) electrons. The van der Waals surface area contributed by atoms with Crippen molar-refractivity contribution in [3.05, 3.63) is 45.8 Å². The van der Waals surface area contributed by atoms with Crippen LogP contribution in [0.15, 0.2) is 30.5 Å². The molecule has 25 heavy (non-hydrogen) atoms. The van der Waals surface area contributed by atoms with Crippen molar-refractivity contribution in [1.29, 1.82) is 5.26 Å². The average Bonchev–Trinajstić information content (AvgIpc) is 2.98. The predicted octanol–water partition coefficient (Wildman–Crippen LogP) is 3.76. The molecule has 1 atom stereocenters. The third-order valence-corrected chi connectivity index (χ3v) is 5.56. The van der Waals surface area contributed by atoms with Crippen LogP contribution in [0, 0.1) is 17.2 Å². The summed E-state index contributed by atoms with van der Waals surface area (Å²) in [5.74, 6) is -2.08. The van der Waals surface area contributed by atoms with Gasteiger partial charge in [-0.1, -0.05) is 18.9 Å². The number of thiophene rings is 1. The number of amides is 1. The number of rotatable bonds is 4. The number of nitrogens with one attached hydrogen (secondary N) is 1. The van der Waals surface area contributed by atoms with E-state index in [1.54, 1.807) is 18.2 Å². The topological polar surface area (TPSA) is 82.8 Å². The maximum atomic E-state index is 12.7. The average molecular weight is 353 g/mol. The standard InChI is InChI=1S/C19H19N3O2S/c20-12-14(19(24)22-17-9-5-6-10-21-17)18(23)16-11-13-7-3-1-2-4-8-15(13)25-16/h5-6,9-11,14H,1-4,7-8H2,(H,21,22,24)/t14-/m0/s1. The number of Topliss-reactive ketones (excluding diaryl/α,β-unsaturated/α-hetero) is 1. The number of pyridine rings is 1. The van der Waals surface area contributed by atoms with Gasteiger partial charge in [-0.15, -0.1) is 11.3 Å². The van der Waals surface area contributed by atoms with Gasteiger partial charge in [0.25, 0.3) is 5.91 Å². The predicted molar refractivity (Wildman–Crippen MR) is 96.5 cm³/mol. The number of fused-ring (bicyclic) bond motifs is 1. The van der Waals surface area contributed by atoms with E-state index in [4.69, 9.17) is 0 Å². The van der Waals surface area contributed by atoms with Crippen molar-refractivity contribution in [2.24, 2.45) is 5.92 Å². The lowest BCUT2D eigenvalue weighted by Gasteiger charge is -2.07. The highest BCUT2D eigenvalue weighted by atomic mass is 32.1. The highest BCUT2D eigenvalue weighted by Crippen LogP contribution is 2.30. The number of nitrogens with zero attached hydrogens (tertiary/aromatic N) is 2. The molecule has 1 aliphatic rings. The van der Waals surface area contributed by atoms with E-state index >= 15 is 0 Å². The van der Waals surface area contributed by atoms with E-state index < -0.39 is 17.6 Å². The van der Waals surface area contributed by atoms with Gasteiger partial charge in [0.1, 0.15) is 5.82 Å². The Kier molecular flexibility index (Phi) is 5.56. The second-order valence-corrected chi connectivity index (χ2v) is 7.24. The zero-order valence-corrected chi connectivity index (χ0v) is 14.6. The zero-order chi connectivity index (χ0) is 17.6. The van der Waals surface area contributed by atoms with Gasteiger partial charge in [0.05, 0.1) is 10.9 Å². The first-order valence-corrected chi connectivity index (χ1v) is 9.28. The molecule has 0 aromatic carbocycles. The molecule has 1 aliphatic carbocycles. The first kappa shape index (κ1) is 17.3. The molecule has 2 heterocycles. The Hall–Kier alpha value is -2.52. The molecule has 0 bridgehead atoms. The monoisotopic (exact) mass is 353 g/mol. The second-order valence-electron chi connectivity index (χ2n) is 6.10. The molecule has 128 valence electrons. The molecule has 0 aliphatic heterocycles. The van der Waals surface area contributed by atoms with E-state index in [1.807, 2.05) is 12.1 Å². The lowest BCUT2D eigenvalue weighted by Crippen LogP contribution is -2.28. The maximum absolute atomic E-state index is 12.7. The van der Waals surface area contributed by atoms with E-state index in [9.17, 15) is 14.9 Å². The van der Waals surface area contributed by atoms with Crippen LogP contribution < -0.4 is 5.32 Å². The molecule has 0 saturated heterocycles. The third kappa shape index (κ3) is 4.12. The molecule has 2 aromatic rings. The summed E-state index contributed by atoms with van der Waals surface area (Å²) in [5.41, 5.74) is 1.20. The van der Waals surface area contributed by atoms with Gasteiger partial charge in [-0.2, -0.15) is 5.26 Å². The first-order chi connectivity index (χ1) is 12.2. The van der Waals surface area contributed by atoms with Crippen molar-refractivity contribution < 1.29 is 9.59 Å².